The zero-order valence-corrected chi connectivity index (χ0v) is 16.7. The number of carbonyl (C=O) groups is 1. The lowest BCUT2D eigenvalue weighted by Crippen LogP contribution is -2.12. The van der Waals surface area contributed by atoms with Crippen LogP contribution in [0.5, 0.6) is 5.88 Å². The number of benzene rings is 1. The molecule has 1 saturated carbocycles. The maximum Gasteiger partial charge on any atom is 0.410 e. The van der Waals surface area contributed by atoms with Crippen LogP contribution in [0.15, 0.2) is 40.4 Å². The molecule has 2 N–H and O–H groups in total. The number of nitrogens with one attached hydrogen (secondary N) is 1. The molecule has 148 valence electrons. The zero-order chi connectivity index (χ0) is 19.8. The fraction of sp³-hybridized carbons (Fsp3) is 0.278. The van der Waals surface area contributed by atoms with Gasteiger partial charge in [-0.1, -0.05) is 11.3 Å². The summed E-state index contributed by atoms with van der Waals surface area (Å²) in [5.41, 5.74) is 1.39. The molecule has 9 nitrogen and oxygen atoms in total. The number of hydrogen-bond acceptors (Lipinski definition) is 8. The fourth-order valence-electron chi connectivity index (χ4n) is 3.27. The Morgan fingerprint density at radius 3 is 2.93 bits per heavy atom. The molecule has 0 spiro atoms. The van der Waals surface area contributed by atoms with Crippen LogP contribution in [0, 0.1) is 0 Å². The van der Waals surface area contributed by atoms with Crippen LogP contribution in [0.1, 0.15) is 25.7 Å². The Morgan fingerprint density at radius 1 is 1.24 bits per heavy atom. The number of anilines is 1. The highest BCUT2D eigenvalue weighted by atomic mass is 32.2. The maximum absolute atomic E-state index is 10.8. The highest BCUT2D eigenvalue weighted by Gasteiger charge is 2.18. The number of carboxylic acid groups (broad SMARTS) is 1. The van der Waals surface area contributed by atoms with Gasteiger partial charge in [0.2, 0.25) is 11.0 Å². The predicted octanol–water partition coefficient (Wildman–Crippen LogP) is 4.30. The van der Waals surface area contributed by atoms with Crippen LogP contribution in [0.3, 0.4) is 0 Å². The summed E-state index contributed by atoms with van der Waals surface area (Å²) in [6.07, 6.45) is 3.63. The Kier molecular flexibility index (Phi) is 4.68. The average molecular weight is 428 g/mol. The topological polar surface area (TPSA) is 115 Å². The van der Waals surface area contributed by atoms with Crippen molar-refractivity contribution in [1.82, 2.24) is 24.8 Å². The highest BCUT2D eigenvalue weighted by Crippen LogP contribution is 2.33. The van der Waals surface area contributed by atoms with Gasteiger partial charge in [-0.2, -0.15) is 4.52 Å². The van der Waals surface area contributed by atoms with Crippen molar-refractivity contribution in [2.45, 2.75) is 41.8 Å². The van der Waals surface area contributed by atoms with E-state index >= 15 is 0 Å². The first kappa shape index (κ1) is 18.1. The number of thiazole rings is 1. The van der Waals surface area contributed by atoms with E-state index in [2.05, 4.69) is 25.6 Å². The van der Waals surface area contributed by atoms with Crippen molar-refractivity contribution in [3.63, 3.8) is 0 Å². The van der Waals surface area contributed by atoms with E-state index in [0.29, 0.717) is 21.8 Å². The van der Waals surface area contributed by atoms with Crippen molar-refractivity contribution in [1.29, 1.82) is 0 Å². The fourth-order valence-corrected chi connectivity index (χ4v) is 5.07. The molecule has 1 amide bonds. The molecule has 29 heavy (non-hydrogen) atoms. The number of hydrogen-bond donors (Lipinski definition) is 2. The lowest BCUT2D eigenvalue weighted by molar-refractivity contribution is 0.198. The van der Waals surface area contributed by atoms with Crippen LogP contribution in [-0.2, 0) is 0 Å². The van der Waals surface area contributed by atoms with E-state index < -0.39 is 6.09 Å². The van der Waals surface area contributed by atoms with E-state index in [4.69, 9.17) is 9.84 Å². The summed E-state index contributed by atoms with van der Waals surface area (Å²) < 4.78 is 8.56. The molecule has 3 heterocycles. The molecule has 0 aliphatic heterocycles. The third kappa shape index (κ3) is 3.83. The number of fused-ring (bicyclic) bond motifs is 2. The minimum absolute atomic E-state index is 0.231. The van der Waals surface area contributed by atoms with Crippen molar-refractivity contribution < 1.29 is 14.6 Å². The van der Waals surface area contributed by atoms with Gasteiger partial charge in [0.1, 0.15) is 6.10 Å². The van der Waals surface area contributed by atoms with Crippen molar-refractivity contribution >= 4 is 50.2 Å². The van der Waals surface area contributed by atoms with Crippen LogP contribution >= 0.6 is 23.1 Å². The molecule has 1 aliphatic carbocycles. The summed E-state index contributed by atoms with van der Waals surface area (Å²) >= 11 is 2.71. The molecule has 5 rings (SSSR count). The van der Waals surface area contributed by atoms with Gasteiger partial charge < -0.3 is 9.84 Å². The molecule has 0 saturated heterocycles. The van der Waals surface area contributed by atoms with Crippen molar-refractivity contribution in [3.8, 4) is 5.88 Å². The number of ether oxygens (including phenoxy) is 1. The lowest BCUT2D eigenvalue weighted by Gasteiger charge is -2.11. The Labute approximate surface area is 173 Å². The Balaban J connectivity index is 1.40. The molecule has 1 aromatic carbocycles. The molecule has 11 heteroatoms. The van der Waals surface area contributed by atoms with Gasteiger partial charge in [0, 0.05) is 11.0 Å². The smallest absolute Gasteiger partial charge is 0.410 e. The lowest BCUT2D eigenvalue weighted by atomic mass is 10.3. The summed E-state index contributed by atoms with van der Waals surface area (Å²) in [5.74, 6) is 0.577. The normalized spacial score (nSPS) is 14.6. The third-order valence-electron chi connectivity index (χ3n) is 4.58. The van der Waals surface area contributed by atoms with Gasteiger partial charge >= 0.3 is 6.09 Å². The standard InChI is InChI=1S/C18H16N6O3S2/c25-18(26)20-16-19-12-6-5-11(9-13(12)29-16)28-17-22-21-14-7-8-15(23-24(14)17)27-10-3-1-2-4-10/h5-10H,1-4H2,(H,19,20)(H,25,26). The summed E-state index contributed by atoms with van der Waals surface area (Å²) in [4.78, 5) is 16.0. The van der Waals surface area contributed by atoms with Gasteiger partial charge in [0.05, 0.1) is 10.2 Å². The molecular weight excluding hydrogens is 412 g/mol. The minimum Gasteiger partial charge on any atom is -0.473 e. The van der Waals surface area contributed by atoms with Gasteiger partial charge in [-0.15, -0.1) is 15.3 Å². The van der Waals surface area contributed by atoms with Crippen LogP contribution in [0.25, 0.3) is 15.9 Å². The van der Waals surface area contributed by atoms with Gasteiger partial charge in [-0.05, 0) is 61.7 Å². The first-order chi connectivity index (χ1) is 14.1. The van der Waals surface area contributed by atoms with Crippen LogP contribution in [0.4, 0.5) is 9.93 Å². The summed E-state index contributed by atoms with van der Waals surface area (Å²) in [6.45, 7) is 0. The minimum atomic E-state index is -1.13. The quantitative estimate of drug-likeness (QED) is 0.484. The number of amides is 1. The second kappa shape index (κ2) is 7.48. The number of aromatic nitrogens is 5. The second-order valence-electron chi connectivity index (χ2n) is 6.63. The largest absolute Gasteiger partial charge is 0.473 e. The van der Waals surface area contributed by atoms with Gasteiger partial charge in [-0.25, -0.2) is 9.78 Å². The zero-order valence-electron chi connectivity index (χ0n) is 15.1. The molecule has 4 aromatic rings. The highest BCUT2D eigenvalue weighted by molar-refractivity contribution is 7.99. The van der Waals surface area contributed by atoms with Gasteiger partial charge in [0.25, 0.3) is 0 Å². The Bertz CT molecular complexity index is 1200. The Hall–Kier alpha value is -2.92. The molecule has 0 atom stereocenters. The van der Waals surface area contributed by atoms with Crippen LogP contribution in [-0.4, -0.2) is 42.1 Å². The van der Waals surface area contributed by atoms with E-state index in [1.54, 1.807) is 4.52 Å². The van der Waals surface area contributed by atoms with E-state index in [9.17, 15) is 4.79 Å². The van der Waals surface area contributed by atoms with E-state index in [1.165, 1.54) is 35.9 Å². The van der Waals surface area contributed by atoms with Crippen molar-refractivity contribution in [2.24, 2.45) is 0 Å². The number of nitrogens with zero attached hydrogens (tertiary/aromatic N) is 5. The molecular formula is C18H16N6O3S2. The number of rotatable bonds is 5. The molecule has 1 aliphatic rings. The monoisotopic (exact) mass is 428 g/mol. The van der Waals surface area contributed by atoms with Crippen LogP contribution in [0.2, 0.25) is 0 Å². The predicted molar refractivity (Wildman–Crippen MR) is 109 cm³/mol. The summed E-state index contributed by atoms with van der Waals surface area (Å²) in [7, 11) is 0. The Morgan fingerprint density at radius 2 is 2.10 bits per heavy atom. The van der Waals surface area contributed by atoms with E-state index in [-0.39, 0.29) is 6.10 Å². The average Bonchev–Trinajstić information content (AvgIpc) is 3.41. The summed E-state index contributed by atoms with van der Waals surface area (Å²) in [5, 5.41) is 25.1. The van der Waals surface area contributed by atoms with Crippen molar-refractivity contribution in [3.05, 3.63) is 30.3 Å². The van der Waals surface area contributed by atoms with Crippen molar-refractivity contribution in [2.75, 3.05) is 5.32 Å². The van der Waals surface area contributed by atoms with Gasteiger partial charge in [-0.3, -0.25) is 5.32 Å². The third-order valence-corrected chi connectivity index (χ3v) is 6.44. The molecule has 0 bridgehead atoms. The molecule has 1 fully saturated rings. The maximum atomic E-state index is 10.8. The second-order valence-corrected chi connectivity index (χ2v) is 8.70. The van der Waals surface area contributed by atoms with Gasteiger partial charge in [0.15, 0.2) is 10.8 Å². The summed E-state index contributed by atoms with van der Waals surface area (Å²) in [6, 6.07) is 9.40. The molecule has 3 aromatic heterocycles. The first-order valence-corrected chi connectivity index (χ1v) is 10.7. The SMILES string of the molecule is O=C(O)Nc1nc2ccc(Sc3nnc4ccc(OC5CCCC5)nn34)cc2s1. The van der Waals surface area contributed by atoms with E-state index in [0.717, 1.165) is 28.0 Å². The molecule has 0 unspecified atom stereocenters. The first-order valence-electron chi connectivity index (χ1n) is 9.11. The molecule has 0 radical (unpaired) electrons. The van der Waals surface area contributed by atoms with Crippen LogP contribution < -0.4 is 10.1 Å². The van der Waals surface area contributed by atoms with E-state index in [1.807, 2.05) is 30.3 Å².